The van der Waals surface area contributed by atoms with Crippen molar-refractivity contribution < 1.29 is 14.7 Å². The molecule has 0 spiro atoms. The maximum absolute atomic E-state index is 12.4. The molecule has 2 aliphatic heterocycles. The number of benzene rings is 1. The molecule has 0 bridgehead atoms. The second-order valence-electron chi connectivity index (χ2n) is 7.44. The van der Waals surface area contributed by atoms with Gasteiger partial charge in [-0.2, -0.15) is 0 Å². The average Bonchev–Trinajstić information content (AvgIpc) is 3.01. The molecule has 2 heterocycles. The largest absolute Gasteiger partial charge is 0.391 e. The molecule has 0 aliphatic carbocycles. The highest BCUT2D eigenvalue weighted by molar-refractivity contribution is 5.97. The van der Waals surface area contributed by atoms with E-state index in [0.29, 0.717) is 25.4 Å². The number of piperazine rings is 1. The van der Waals surface area contributed by atoms with Gasteiger partial charge in [0, 0.05) is 19.1 Å². The lowest BCUT2D eigenvalue weighted by atomic mass is 10.0. The van der Waals surface area contributed by atoms with E-state index in [4.69, 9.17) is 0 Å². The molecule has 0 aromatic heterocycles. The van der Waals surface area contributed by atoms with Crippen molar-refractivity contribution in [2.75, 3.05) is 6.54 Å². The summed E-state index contributed by atoms with van der Waals surface area (Å²) >= 11 is 0. The van der Waals surface area contributed by atoms with Gasteiger partial charge in [-0.25, -0.2) is 0 Å². The van der Waals surface area contributed by atoms with Crippen LogP contribution >= 0.6 is 0 Å². The number of carbonyl (C=O) groups is 2. The van der Waals surface area contributed by atoms with Crippen LogP contribution in [0.5, 0.6) is 0 Å². The lowest BCUT2D eigenvalue weighted by Crippen LogP contribution is -2.64. The monoisotopic (exact) mass is 345 g/mol. The van der Waals surface area contributed by atoms with Crippen molar-refractivity contribution in [2.24, 2.45) is 0 Å². The van der Waals surface area contributed by atoms with E-state index in [2.05, 4.69) is 48.7 Å². The third-order valence-electron chi connectivity index (χ3n) is 5.17. The number of rotatable bonds is 5. The van der Waals surface area contributed by atoms with Crippen LogP contribution in [0.15, 0.2) is 24.3 Å². The predicted molar refractivity (Wildman–Crippen MR) is 94.9 cm³/mol. The van der Waals surface area contributed by atoms with Crippen LogP contribution in [0.1, 0.15) is 44.2 Å². The molecule has 3 rings (SSSR count). The predicted octanol–water partition coefficient (Wildman–Crippen LogP) is 0.748. The van der Waals surface area contributed by atoms with Gasteiger partial charge in [0.25, 0.3) is 0 Å². The number of hydrogen-bond acceptors (Lipinski definition) is 4. The molecule has 4 atom stereocenters. The summed E-state index contributed by atoms with van der Waals surface area (Å²) in [7, 11) is 0. The van der Waals surface area contributed by atoms with Crippen LogP contribution in [-0.2, 0) is 16.1 Å². The van der Waals surface area contributed by atoms with Gasteiger partial charge in [-0.3, -0.25) is 9.59 Å². The number of nitrogens with one attached hydrogen (secondary N) is 2. The van der Waals surface area contributed by atoms with Crippen LogP contribution in [0.4, 0.5) is 0 Å². The van der Waals surface area contributed by atoms with E-state index in [9.17, 15) is 14.7 Å². The second kappa shape index (κ2) is 7.14. The Balaban J connectivity index is 1.59. The molecule has 0 saturated carbocycles. The topological polar surface area (TPSA) is 81.7 Å². The SMILES string of the molecule is CC(C)c1ccc(CN[C@H]2C[C@H]3C(=O)N[C@@H]([C@@H](C)O)C(=O)N3C2)cc1. The molecule has 3 N–H and O–H groups in total. The van der Waals surface area contributed by atoms with E-state index in [0.717, 1.165) is 0 Å². The molecule has 2 fully saturated rings. The number of carbonyl (C=O) groups excluding carboxylic acids is 2. The van der Waals surface area contributed by atoms with Crippen molar-refractivity contribution >= 4 is 11.8 Å². The summed E-state index contributed by atoms with van der Waals surface area (Å²) in [5.74, 6) is 0.153. The van der Waals surface area contributed by atoms with Crippen LogP contribution in [0.3, 0.4) is 0 Å². The number of aliphatic hydroxyl groups is 1. The van der Waals surface area contributed by atoms with E-state index < -0.39 is 18.2 Å². The van der Waals surface area contributed by atoms with Crippen molar-refractivity contribution in [1.82, 2.24) is 15.5 Å². The molecule has 6 heteroatoms. The summed E-state index contributed by atoms with van der Waals surface area (Å²) in [6.07, 6.45) is -0.280. The highest BCUT2D eigenvalue weighted by Gasteiger charge is 2.47. The summed E-state index contributed by atoms with van der Waals surface area (Å²) in [5, 5.41) is 15.8. The third kappa shape index (κ3) is 3.70. The minimum Gasteiger partial charge on any atom is -0.391 e. The first-order valence-corrected chi connectivity index (χ1v) is 8.98. The first kappa shape index (κ1) is 17.9. The van der Waals surface area contributed by atoms with Gasteiger partial charge < -0.3 is 20.6 Å². The molecule has 0 radical (unpaired) electrons. The Morgan fingerprint density at radius 3 is 2.52 bits per heavy atom. The van der Waals surface area contributed by atoms with Crippen molar-refractivity contribution in [2.45, 2.75) is 63.9 Å². The zero-order valence-corrected chi connectivity index (χ0v) is 15.0. The Labute approximate surface area is 148 Å². The first-order chi connectivity index (χ1) is 11.9. The fourth-order valence-electron chi connectivity index (χ4n) is 3.58. The Morgan fingerprint density at radius 1 is 1.24 bits per heavy atom. The van der Waals surface area contributed by atoms with Gasteiger partial charge in [0.15, 0.2) is 0 Å². The molecule has 136 valence electrons. The highest BCUT2D eigenvalue weighted by Crippen LogP contribution is 2.24. The van der Waals surface area contributed by atoms with Crippen molar-refractivity contribution in [3.05, 3.63) is 35.4 Å². The maximum Gasteiger partial charge on any atom is 0.248 e. The Hall–Kier alpha value is -1.92. The fourth-order valence-corrected chi connectivity index (χ4v) is 3.58. The van der Waals surface area contributed by atoms with Gasteiger partial charge in [-0.15, -0.1) is 0 Å². The van der Waals surface area contributed by atoms with Crippen molar-refractivity contribution in [3.63, 3.8) is 0 Å². The van der Waals surface area contributed by atoms with Crippen molar-refractivity contribution in [3.8, 4) is 0 Å². The second-order valence-corrected chi connectivity index (χ2v) is 7.44. The molecule has 2 aliphatic rings. The van der Waals surface area contributed by atoms with Gasteiger partial charge in [-0.05, 0) is 30.4 Å². The summed E-state index contributed by atoms with van der Waals surface area (Å²) in [6, 6.07) is 7.34. The van der Waals surface area contributed by atoms with Gasteiger partial charge in [0.05, 0.1) is 6.10 Å². The van der Waals surface area contributed by atoms with Gasteiger partial charge in [-0.1, -0.05) is 38.1 Å². The summed E-state index contributed by atoms with van der Waals surface area (Å²) in [5.41, 5.74) is 2.50. The van der Waals surface area contributed by atoms with Gasteiger partial charge >= 0.3 is 0 Å². The zero-order valence-electron chi connectivity index (χ0n) is 15.0. The molecule has 0 unspecified atom stereocenters. The Bertz CT molecular complexity index is 642. The zero-order chi connectivity index (χ0) is 18.1. The smallest absolute Gasteiger partial charge is 0.248 e. The normalized spacial score (nSPS) is 27.4. The third-order valence-corrected chi connectivity index (χ3v) is 5.17. The lowest BCUT2D eigenvalue weighted by molar-refractivity contribution is -0.149. The van der Waals surface area contributed by atoms with Gasteiger partial charge in [0.1, 0.15) is 12.1 Å². The minimum absolute atomic E-state index is 0.0808. The quantitative estimate of drug-likeness (QED) is 0.735. The molecular weight excluding hydrogens is 318 g/mol. The summed E-state index contributed by atoms with van der Waals surface area (Å²) in [6.45, 7) is 7.08. The summed E-state index contributed by atoms with van der Waals surface area (Å²) < 4.78 is 0. The van der Waals surface area contributed by atoms with Crippen molar-refractivity contribution in [1.29, 1.82) is 0 Å². The number of hydrogen-bond donors (Lipinski definition) is 3. The molecule has 1 aromatic rings. The maximum atomic E-state index is 12.4. The average molecular weight is 345 g/mol. The molecular formula is C19H27N3O3. The minimum atomic E-state index is -0.885. The highest BCUT2D eigenvalue weighted by atomic mass is 16.3. The molecule has 2 amide bonds. The summed E-state index contributed by atoms with van der Waals surface area (Å²) in [4.78, 5) is 26.3. The molecule has 1 aromatic carbocycles. The fraction of sp³-hybridized carbons (Fsp3) is 0.579. The van der Waals surface area contributed by atoms with Crippen LogP contribution in [-0.4, -0.2) is 52.6 Å². The van der Waals surface area contributed by atoms with Crippen LogP contribution in [0.25, 0.3) is 0 Å². The Morgan fingerprint density at radius 2 is 1.92 bits per heavy atom. The van der Waals surface area contributed by atoms with Crippen LogP contribution in [0, 0.1) is 0 Å². The molecule has 25 heavy (non-hydrogen) atoms. The number of nitrogens with zero attached hydrogens (tertiary/aromatic N) is 1. The van der Waals surface area contributed by atoms with E-state index >= 15 is 0 Å². The lowest BCUT2D eigenvalue weighted by Gasteiger charge is -2.35. The van der Waals surface area contributed by atoms with E-state index in [1.165, 1.54) is 18.1 Å². The number of amides is 2. The number of aliphatic hydroxyl groups excluding tert-OH is 1. The molecule has 6 nitrogen and oxygen atoms in total. The number of fused-ring (bicyclic) bond motifs is 1. The standard InChI is InChI=1S/C19H27N3O3/c1-11(2)14-6-4-13(5-7-14)9-20-15-8-16-18(24)21-17(12(3)23)19(25)22(16)10-15/h4-7,11-12,15-17,20,23H,8-10H2,1-3H3,(H,21,24)/t12-,15+,16+,17+/m1/s1. The van der Waals surface area contributed by atoms with E-state index in [-0.39, 0.29) is 17.9 Å². The Kier molecular flexibility index (Phi) is 5.11. The van der Waals surface area contributed by atoms with Crippen LogP contribution in [0.2, 0.25) is 0 Å². The van der Waals surface area contributed by atoms with E-state index in [1.807, 2.05) is 0 Å². The van der Waals surface area contributed by atoms with E-state index in [1.54, 1.807) is 4.90 Å². The first-order valence-electron chi connectivity index (χ1n) is 8.98. The van der Waals surface area contributed by atoms with Crippen LogP contribution < -0.4 is 10.6 Å². The molecule has 2 saturated heterocycles. The van der Waals surface area contributed by atoms with Gasteiger partial charge in [0.2, 0.25) is 11.8 Å².